The molecule has 0 saturated heterocycles. The molecule has 0 amide bonds. The van der Waals surface area contributed by atoms with Gasteiger partial charge in [0, 0.05) is 0 Å². The molecule has 0 bridgehead atoms. The van der Waals surface area contributed by atoms with E-state index in [1.165, 1.54) is 54.2 Å². The second-order valence-electron chi connectivity index (χ2n) is 7.48. The van der Waals surface area contributed by atoms with E-state index in [0.717, 1.165) is 5.92 Å². The first-order chi connectivity index (χ1) is 12.9. The smallest absolute Gasteiger partial charge is 0.112 e. The minimum atomic E-state index is -1.61. The Bertz CT molecular complexity index is 699. The van der Waals surface area contributed by atoms with E-state index in [0.29, 0.717) is 0 Å². The third-order valence-electron chi connectivity index (χ3n) is 5.94. The van der Waals surface area contributed by atoms with Crippen LogP contribution in [-0.4, -0.2) is 6.16 Å². The van der Waals surface area contributed by atoms with Gasteiger partial charge in [-0.3, -0.25) is 0 Å². The fraction of sp³-hybridized carbons (Fsp3) is 0.280. The van der Waals surface area contributed by atoms with Gasteiger partial charge in [0.2, 0.25) is 0 Å². The van der Waals surface area contributed by atoms with Gasteiger partial charge in [0.05, 0.1) is 6.16 Å². The summed E-state index contributed by atoms with van der Waals surface area (Å²) < 4.78 is 0. The minimum absolute atomic E-state index is 0. The Balaban J connectivity index is 0.00000210. The lowest BCUT2D eigenvalue weighted by atomic mass is 10.1. The van der Waals surface area contributed by atoms with E-state index in [1.54, 1.807) is 0 Å². The predicted octanol–water partition coefficient (Wildman–Crippen LogP) is 2.56. The van der Waals surface area contributed by atoms with E-state index < -0.39 is 7.26 Å². The molecule has 140 valence electrons. The molecule has 27 heavy (non-hydrogen) atoms. The Morgan fingerprint density at radius 1 is 0.593 bits per heavy atom. The van der Waals surface area contributed by atoms with Crippen LogP contribution in [0, 0.1) is 5.92 Å². The topological polar surface area (TPSA) is 0 Å². The summed E-state index contributed by atoms with van der Waals surface area (Å²) in [5, 5.41) is 4.57. The molecule has 4 rings (SSSR count). The van der Waals surface area contributed by atoms with Crippen molar-refractivity contribution in [1.29, 1.82) is 0 Å². The third-order valence-corrected chi connectivity index (χ3v) is 10.4. The molecule has 1 fully saturated rings. The Kier molecular flexibility index (Phi) is 7.27. The molecular weight excluding hydrogens is 411 g/mol. The molecule has 0 N–H and O–H groups in total. The van der Waals surface area contributed by atoms with Crippen molar-refractivity contribution in [3.63, 3.8) is 0 Å². The van der Waals surface area contributed by atoms with Gasteiger partial charge >= 0.3 is 0 Å². The van der Waals surface area contributed by atoms with Crippen molar-refractivity contribution in [3.8, 4) is 0 Å². The zero-order chi connectivity index (χ0) is 17.7. The molecule has 0 aromatic heterocycles. The monoisotopic (exact) mass is 438 g/mol. The fourth-order valence-corrected chi connectivity index (χ4v) is 9.02. The van der Waals surface area contributed by atoms with Crippen LogP contribution >= 0.6 is 7.26 Å². The summed E-state index contributed by atoms with van der Waals surface area (Å²) in [4.78, 5) is 0. The average molecular weight is 439 g/mol. The Morgan fingerprint density at radius 3 is 1.33 bits per heavy atom. The maximum absolute atomic E-state index is 2.36. The lowest BCUT2D eigenvalue weighted by Gasteiger charge is -2.28. The lowest BCUT2D eigenvalue weighted by Crippen LogP contribution is -3.00. The van der Waals surface area contributed by atoms with Gasteiger partial charge in [0.1, 0.15) is 23.2 Å². The summed E-state index contributed by atoms with van der Waals surface area (Å²) in [5.41, 5.74) is 0. The largest absolute Gasteiger partial charge is 1.00 e. The molecule has 1 aliphatic rings. The summed E-state index contributed by atoms with van der Waals surface area (Å²) in [5.74, 6) is 0.922. The number of benzene rings is 3. The molecule has 3 aromatic carbocycles. The van der Waals surface area contributed by atoms with Crippen molar-refractivity contribution in [2.45, 2.75) is 32.1 Å². The zero-order valence-corrected chi connectivity index (χ0v) is 18.3. The highest BCUT2D eigenvalue weighted by Crippen LogP contribution is 2.56. The van der Waals surface area contributed by atoms with Gasteiger partial charge in [0.25, 0.3) is 0 Å². The Labute approximate surface area is 175 Å². The number of halogens is 1. The van der Waals surface area contributed by atoms with E-state index >= 15 is 0 Å². The van der Waals surface area contributed by atoms with Crippen molar-refractivity contribution < 1.29 is 17.0 Å². The van der Waals surface area contributed by atoms with E-state index in [1.807, 2.05) is 0 Å². The van der Waals surface area contributed by atoms with Gasteiger partial charge in [-0.15, -0.1) is 0 Å². The number of hydrogen-bond acceptors (Lipinski definition) is 0. The highest BCUT2D eigenvalue weighted by atomic mass is 79.9. The molecule has 3 aromatic rings. The second kappa shape index (κ2) is 9.67. The Hall–Kier alpha value is -1.43. The molecule has 0 atom stereocenters. The van der Waals surface area contributed by atoms with E-state index in [2.05, 4.69) is 91.0 Å². The summed E-state index contributed by atoms with van der Waals surface area (Å²) in [6.45, 7) is 0. The van der Waals surface area contributed by atoms with Crippen LogP contribution in [0.4, 0.5) is 0 Å². The summed E-state index contributed by atoms with van der Waals surface area (Å²) in [7, 11) is -1.61. The summed E-state index contributed by atoms with van der Waals surface area (Å²) in [6, 6.07) is 33.9. The molecule has 0 aliphatic heterocycles. The maximum Gasteiger partial charge on any atom is 0.112 e. The van der Waals surface area contributed by atoms with Gasteiger partial charge in [-0.1, -0.05) is 80.3 Å². The normalized spacial score (nSPS) is 14.7. The van der Waals surface area contributed by atoms with Crippen molar-refractivity contribution >= 4 is 23.2 Å². The first-order valence-corrected chi connectivity index (χ1v) is 11.9. The van der Waals surface area contributed by atoms with Gasteiger partial charge in [-0.2, -0.15) is 0 Å². The molecule has 0 heterocycles. The molecule has 0 spiro atoms. The van der Waals surface area contributed by atoms with Crippen LogP contribution in [0.2, 0.25) is 0 Å². The average Bonchev–Trinajstić information content (AvgIpc) is 3.25. The van der Waals surface area contributed by atoms with Crippen molar-refractivity contribution in [1.82, 2.24) is 0 Å². The molecular formula is C25H28BrP. The van der Waals surface area contributed by atoms with Crippen LogP contribution in [0.5, 0.6) is 0 Å². The standard InChI is InChI=1S/C25H28P.BrH/c1-4-14-23(15-5-1)26(24-16-6-2-7-17-24,25-18-8-3-9-19-25)21-20-22-12-10-11-13-22;/h1-9,14-19,22H,10-13,20-21H2;1H/q+1;/p-1. The second-order valence-corrected chi connectivity index (χ2v) is 11.1. The fourth-order valence-electron chi connectivity index (χ4n) is 4.56. The van der Waals surface area contributed by atoms with Crippen LogP contribution in [0.25, 0.3) is 0 Å². The van der Waals surface area contributed by atoms with Gasteiger partial charge in [-0.25, -0.2) is 0 Å². The minimum Gasteiger partial charge on any atom is -1.00 e. The maximum atomic E-state index is 2.36. The van der Waals surface area contributed by atoms with Crippen LogP contribution in [0.15, 0.2) is 91.0 Å². The molecule has 0 unspecified atom stereocenters. The van der Waals surface area contributed by atoms with Crippen molar-refractivity contribution in [2.75, 3.05) is 6.16 Å². The van der Waals surface area contributed by atoms with Crippen LogP contribution in [0.3, 0.4) is 0 Å². The lowest BCUT2D eigenvalue weighted by molar-refractivity contribution is -0.00000512. The first-order valence-electron chi connectivity index (χ1n) is 9.94. The highest BCUT2D eigenvalue weighted by Gasteiger charge is 2.45. The van der Waals surface area contributed by atoms with E-state index in [4.69, 9.17) is 0 Å². The molecule has 2 heteroatoms. The zero-order valence-electron chi connectivity index (χ0n) is 15.8. The third kappa shape index (κ3) is 4.36. The summed E-state index contributed by atoms with van der Waals surface area (Å²) in [6.07, 6.45) is 8.36. The van der Waals surface area contributed by atoms with Gasteiger partial charge in [0.15, 0.2) is 0 Å². The van der Waals surface area contributed by atoms with Crippen LogP contribution in [0.1, 0.15) is 32.1 Å². The van der Waals surface area contributed by atoms with Crippen molar-refractivity contribution in [3.05, 3.63) is 91.0 Å². The molecule has 1 aliphatic carbocycles. The summed E-state index contributed by atoms with van der Waals surface area (Å²) >= 11 is 0. The van der Waals surface area contributed by atoms with Crippen molar-refractivity contribution in [2.24, 2.45) is 5.92 Å². The molecule has 1 saturated carbocycles. The van der Waals surface area contributed by atoms with E-state index in [-0.39, 0.29) is 17.0 Å². The quantitative estimate of drug-likeness (QED) is 0.518. The van der Waals surface area contributed by atoms with Crippen LogP contribution in [-0.2, 0) is 0 Å². The highest BCUT2D eigenvalue weighted by molar-refractivity contribution is 7.95. The SMILES string of the molecule is [Br-].c1ccc([P+](CCC2CCCC2)(c2ccccc2)c2ccccc2)cc1. The van der Waals surface area contributed by atoms with E-state index in [9.17, 15) is 0 Å². The predicted molar refractivity (Wildman–Crippen MR) is 117 cm³/mol. The number of rotatable bonds is 6. The number of hydrogen-bond donors (Lipinski definition) is 0. The first kappa shape index (κ1) is 20.3. The molecule has 0 radical (unpaired) electrons. The van der Waals surface area contributed by atoms with Gasteiger partial charge < -0.3 is 17.0 Å². The van der Waals surface area contributed by atoms with Crippen LogP contribution < -0.4 is 32.9 Å². The molecule has 0 nitrogen and oxygen atoms in total. The van der Waals surface area contributed by atoms with Gasteiger partial charge in [-0.05, 0) is 48.7 Å². The Morgan fingerprint density at radius 2 is 0.963 bits per heavy atom.